The van der Waals surface area contributed by atoms with Crippen molar-refractivity contribution in [1.82, 2.24) is 34.5 Å². The summed E-state index contributed by atoms with van der Waals surface area (Å²) in [5.74, 6) is 0.723. The van der Waals surface area contributed by atoms with E-state index in [2.05, 4.69) is 62.0 Å². The summed E-state index contributed by atoms with van der Waals surface area (Å²) in [4.78, 5) is 29.9. The molecule has 0 fully saturated rings. The molecule has 1 aliphatic carbocycles. The van der Waals surface area contributed by atoms with Gasteiger partial charge in [-0.2, -0.15) is 0 Å². The normalized spacial score (nSPS) is 11.9. The Labute approximate surface area is 208 Å². The molecule has 5 heterocycles. The Bertz CT molecular complexity index is 1920. The zero-order valence-corrected chi connectivity index (χ0v) is 19.5. The Morgan fingerprint density at radius 3 is 1.83 bits per heavy atom. The maximum absolute atomic E-state index is 5.21. The van der Waals surface area contributed by atoms with Crippen LogP contribution in [0.4, 0.5) is 0 Å². The van der Waals surface area contributed by atoms with Gasteiger partial charge in [-0.15, -0.1) is 11.3 Å². The number of aromatic nitrogens is 7. The van der Waals surface area contributed by atoms with Crippen LogP contribution in [0.5, 0.6) is 0 Å². The minimum atomic E-state index is 0.642. The minimum absolute atomic E-state index is 0.642. The molecule has 0 atom stereocenters. The topological polar surface area (TPSA) is 82.3 Å². The van der Waals surface area contributed by atoms with Crippen LogP contribution in [0.3, 0.4) is 0 Å². The quantitative estimate of drug-likeness (QED) is 0.278. The van der Waals surface area contributed by atoms with Crippen LogP contribution in [-0.4, -0.2) is 34.5 Å². The van der Waals surface area contributed by atoms with Crippen LogP contribution in [0.25, 0.3) is 72.2 Å². The zero-order valence-electron chi connectivity index (χ0n) is 18.7. The van der Waals surface area contributed by atoms with Gasteiger partial charge in [0.1, 0.15) is 28.5 Å². The van der Waals surface area contributed by atoms with Crippen molar-refractivity contribution >= 4 is 33.1 Å². The van der Waals surface area contributed by atoms with Crippen molar-refractivity contribution in [1.29, 1.82) is 0 Å². The summed E-state index contributed by atoms with van der Waals surface area (Å²) in [6, 6.07) is 18.8. The third-order valence-electron chi connectivity index (χ3n) is 6.55. The number of para-hydroxylation sites is 2. The highest BCUT2D eigenvalue weighted by atomic mass is 32.1. The van der Waals surface area contributed by atoms with Gasteiger partial charge in [0, 0.05) is 41.1 Å². The van der Waals surface area contributed by atoms with Crippen molar-refractivity contribution in [2.75, 3.05) is 0 Å². The van der Waals surface area contributed by atoms with Crippen molar-refractivity contribution < 1.29 is 0 Å². The van der Waals surface area contributed by atoms with Crippen LogP contribution < -0.4 is 0 Å². The van der Waals surface area contributed by atoms with Gasteiger partial charge in [-0.05, 0) is 23.6 Å². The van der Waals surface area contributed by atoms with E-state index in [-0.39, 0.29) is 0 Å². The number of thiophene rings is 1. The molecule has 0 unspecified atom stereocenters. The first-order valence-corrected chi connectivity index (χ1v) is 12.3. The van der Waals surface area contributed by atoms with Crippen molar-refractivity contribution in [2.24, 2.45) is 0 Å². The number of hydrogen-bond acceptors (Lipinski definition) is 7. The lowest BCUT2D eigenvalue weighted by Gasteiger charge is -2.17. The minimum Gasteiger partial charge on any atom is -0.292 e. The first-order valence-electron chi connectivity index (χ1n) is 11.4. The van der Waals surface area contributed by atoms with E-state index < -0.39 is 0 Å². The maximum atomic E-state index is 5.21. The Morgan fingerprint density at radius 2 is 1.14 bits per heavy atom. The summed E-state index contributed by atoms with van der Waals surface area (Å²) in [6.45, 7) is 0. The van der Waals surface area contributed by atoms with E-state index in [1.54, 1.807) is 36.1 Å². The molecular weight excluding hydrogens is 466 g/mol. The predicted molar refractivity (Wildman–Crippen MR) is 141 cm³/mol. The van der Waals surface area contributed by atoms with Crippen molar-refractivity contribution in [2.45, 2.75) is 0 Å². The van der Waals surface area contributed by atoms with E-state index in [1.807, 2.05) is 23.7 Å². The Hall–Kier alpha value is -4.82. The number of rotatable bonds is 1. The number of benzene rings is 2. The van der Waals surface area contributed by atoms with Gasteiger partial charge >= 0.3 is 0 Å². The Morgan fingerprint density at radius 1 is 0.556 bits per heavy atom. The molecule has 0 saturated carbocycles. The smallest absolute Gasteiger partial charge is 0.157 e. The fraction of sp³-hybridized carbons (Fsp3) is 0. The van der Waals surface area contributed by atoms with Gasteiger partial charge in [0.25, 0.3) is 0 Å². The lowest BCUT2D eigenvalue weighted by molar-refractivity contribution is 1.04. The van der Waals surface area contributed by atoms with Gasteiger partial charge in [0.05, 0.1) is 27.8 Å². The van der Waals surface area contributed by atoms with E-state index in [9.17, 15) is 0 Å². The summed E-state index contributed by atoms with van der Waals surface area (Å²) in [5.41, 5.74) is 7.32. The molecule has 7 nitrogen and oxygen atoms in total. The maximum Gasteiger partial charge on any atom is 0.157 e. The van der Waals surface area contributed by atoms with Gasteiger partial charge in [0.2, 0.25) is 0 Å². The molecule has 7 aromatic rings. The largest absolute Gasteiger partial charge is 0.292 e. The first kappa shape index (κ1) is 19.5. The van der Waals surface area contributed by atoms with E-state index in [0.717, 1.165) is 38.7 Å². The van der Waals surface area contributed by atoms with Gasteiger partial charge in [0.15, 0.2) is 5.82 Å². The molecular formula is C28H15N7S. The summed E-state index contributed by atoms with van der Waals surface area (Å²) >= 11 is 1.61. The van der Waals surface area contributed by atoms with Crippen LogP contribution in [0.15, 0.2) is 91.0 Å². The molecule has 36 heavy (non-hydrogen) atoms. The lowest BCUT2D eigenvalue weighted by atomic mass is 9.99. The van der Waals surface area contributed by atoms with Crippen LogP contribution in [-0.2, 0) is 0 Å². The number of nitrogens with zero attached hydrogens (tertiary/aromatic N) is 7. The van der Waals surface area contributed by atoms with Crippen LogP contribution in [0.2, 0.25) is 0 Å². The van der Waals surface area contributed by atoms with E-state index in [1.165, 1.54) is 10.8 Å². The average Bonchev–Trinajstić information content (AvgIpc) is 3.55. The molecule has 0 radical (unpaired) electrons. The Kier molecular flexibility index (Phi) is 3.97. The van der Waals surface area contributed by atoms with Crippen LogP contribution in [0.1, 0.15) is 0 Å². The predicted octanol–water partition coefficient (Wildman–Crippen LogP) is 6.20. The molecule has 2 aromatic carbocycles. The fourth-order valence-corrected chi connectivity index (χ4v) is 5.95. The summed E-state index contributed by atoms with van der Waals surface area (Å²) in [5, 5.41) is 4.39. The highest BCUT2D eigenvalue weighted by Gasteiger charge is 2.28. The van der Waals surface area contributed by atoms with E-state index in [0.29, 0.717) is 22.8 Å². The van der Waals surface area contributed by atoms with Gasteiger partial charge < -0.3 is 0 Å². The monoisotopic (exact) mass is 481 g/mol. The second-order valence-electron chi connectivity index (χ2n) is 8.47. The molecule has 5 aromatic heterocycles. The van der Waals surface area contributed by atoms with Crippen molar-refractivity contribution in [3.05, 3.63) is 91.0 Å². The molecule has 1 aliphatic rings. The highest BCUT2D eigenvalue weighted by molar-refractivity contribution is 7.14. The molecule has 0 N–H and O–H groups in total. The molecule has 0 aliphatic heterocycles. The zero-order chi connectivity index (χ0) is 23.6. The summed E-state index contributed by atoms with van der Waals surface area (Å²) in [7, 11) is 0. The fourth-order valence-electron chi connectivity index (χ4n) is 5.06. The van der Waals surface area contributed by atoms with Gasteiger partial charge in [-0.1, -0.05) is 36.4 Å². The third kappa shape index (κ3) is 2.61. The Balaban J connectivity index is 1.49. The third-order valence-corrected chi connectivity index (χ3v) is 7.47. The molecule has 8 heteroatoms. The molecule has 0 bridgehead atoms. The second-order valence-corrected chi connectivity index (χ2v) is 9.38. The molecule has 8 rings (SSSR count). The number of fused-ring (bicyclic) bond motifs is 11. The summed E-state index contributed by atoms with van der Waals surface area (Å²) in [6.07, 6.45) is 8.60. The average molecular weight is 482 g/mol. The molecule has 168 valence electrons. The number of hydrogen-bond donors (Lipinski definition) is 0. The van der Waals surface area contributed by atoms with Crippen LogP contribution in [0, 0.1) is 0 Å². The van der Waals surface area contributed by atoms with E-state index >= 15 is 0 Å². The van der Waals surface area contributed by atoms with E-state index in [4.69, 9.17) is 15.0 Å². The van der Waals surface area contributed by atoms with Crippen LogP contribution >= 0.6 is 11.3 Å². The van der Waals surface area contributed by atoms with Crippen molar-refractivity contribution in [3.8, 4) is 50.4 Å². The molecule has 0 amide bonds. The van der Waals surface area contributed by atoms with Crippen molar-refractivity contribution in [3.63, 3.8) is 0 Å². The molecule has 0 spiro atoms. The molecule has 0 saturated heterocycles. The lowest BCUT2D eigenvalue weighted by Crippen LogP contribution is -2.07. The van der Waals surface area contributed by atoms with Gasteiger partial charge in [-0.3, -0.25) is 24.5 Å². The summed E-state index contributed by atoms with van der Waals surface area (Å²) < 4.78 is 2.16. The standard InChI is InChI=1S/C28H15N7S/c1-3-7-19-16(5-1)17-6-2-4-8-20(17)35(19)21-15-33-27-26(34-21)25-24(31-12-13-32-25)23-22(29-10-11-30-23)18-9-14-36-28(18)27/h1-15H. The highest BCUT2D eigenvalue weighted by Crippen LogP contribution is 2.45. The SMILES string of the molecule is c1ccc2c(c1)c1ccccc1n2-c1cnc2c(n1)-c1nccnc1-c1nccnc1-c1ccsc1-2. The second kappa shape index (κ2) is 7.34. The first-order chi connectivity index (χ1) is 17.9. The van der Waals surface area contributed by atoms with Gasteiger partial charge in [-0.25, -0.2) is 9.97 Å².